The van der Waals surface area contributed by atoms with Gasteiger partial charge in [0.2, 0.25) is 15.9 Å². The quantitative estimate of drug-likeness (QED) is 0.815. The summed E-state index contributed by atoms with van der Waals surface area (Å²) in [7, 11) is -3.46. The van der Waals surface area contributed by atoms with Crippen molar-refractivity contribution in [3.8, 4) is 0 Å². The molecule has 0 unspecified atom stereocenters. The highest BCUT2D eigenvalue weighted by atomic mass is 32.2. The Balaban J connectivity index is 1.44. The lowest BCUT2D eigenvalue weighted by atomic mass is 9.92. The Morgan fingerprint density at radius 3 is 2.23 bits per heavy atom. The molecule has 0 atom stereocenters. The first-order chi connectivity index (χ1) is 12.6. The van der Waals surface area contributed by atoms with E-state index < -0.39 is 10.0 Å². The Morgan fingerprint density at radius 1 is 0.885 bits per heavy atom. The molecule has 2 fully saturated rings. The molecule has 2 saturated heterocycles. The van der Waals surface area contributed by atoms with Gasteiger partial charge in [0.05, 0.1) is 4.90 Å². The molecule has 0 N–H and O–H groups in total. The van der Waals surface area contributed by atoms with Crippen molar-refractivity contribution >= 4 is 15.9 Å². The fourth-order valence-corrected chi connectivity index (χ4v) is 6.08. The van der Waals surface area contributed by atoms with E-state index in [1.165, 1.54) is 17.5 Å². The molecule has 2 heterocycles. The van der Waals surface area contributed by atoms with E-state index in [2.05, 4.69) is 0 Å². The summed E-state index contributed by atoms with van der Waals surface area (Å²) in [4.78, 5) is 14.9. The number of piperidine rings is 1. The SMILES string of the molecule is O=C(C1CCN(S(=O)(=O)c2ccc3c(c2)CCCC3)CC1)N1CCCC1. The van der Waals surface area contributed by atoms with Crippen LogP contribution < -0.4 is 0 Å². The van der Waals surface area contributed by atoms with E-state index >= 15 is 0 Å². The van der Waals surface area contributed by atoms with Crippen molar-refractivity contribution in [1.82, 2.24) is 9.21 Å². The molecule has 1 aromatic rings. The van der Waals surface area contributed by atoms with Crippen molar-refractivity contribution in [3.63, 3.8) is 0 Å². The van der Waals surface area contributed by atoms with Crippen molar-refractivity contribution in [2.24, 2.45) is 5.92 Å². The van der Waals surface area contributed by atoms with Crippen LogP contribution in [0.25, 0.3) is 0 Å². The Hall–Kier alpha value is -1.40. The molecule has 0 radical (unpaired) electrons. The molecule has 2 aliphatic heterocycles. The third-order valence-corrected chi connectivity index (χ3v) is 8.07. The summed E-state index contributed by atoms with van der Waals surface area (Å²) >= 11 is 0. The fraction of sp³-hybridized carbons (Fsp3) is 0.650. The number of carbonyl (C=O) groups is 1. The highest BCUT2D eigenvalue weighted by molar-refractivity contribution is 7.89. The second-order valence-corrected chi connectivity index (χ2v) is 9.79. The smallest absolute Gasteiger partial charge is 0.243 e. The molecule has 1 amide bonds. The molecule has 6 heteroatoms. The first-order valence-electron chi connectivity index (χ1n) is 9.96. The number of hydrogen-bond donors (Lipinski definition) is 0. The minimum absolute atomic E-state index is 0.0110. The number of benzene rings is 1. The van der Waals surface area contributed by atoms with E-state index in [-0.39, 0.29) is 11.8 Å². The topological polar surface area (TPSA) is 57.7 Å². The zero-order valence-electron chi connectivity index (χ0n) is 15.3. The lowest BCUT2D eigenvalue weighted by molar-refractivity contribution is -0.135. The van der Waals surface area contributed by atoms with Gasteiger partial charge in [-0.2, -0.15) is 4.31 Å². The van der Waals surface area contributed by atoms with Crippen molar-refractivity contribution in [2.45, 2.75) is 56.3 Å². The number of nitrogens with zero attached hydrogens (tertiary/aromatic N) is 2. The number of carbonyl (C=O) groups excluding carboxylic acids is 1. The summed E-state index contributed by atoms with van der Waals surface area (Å²) in [5.41, 5.74) is 2.49. The molecule has 1 aromatic carbocycles. The van der Waals surface area contributed by atoms with Gasteiger partial charge in [-0.15, -0.1) is 0 Å². The van der Waals surface area contributed by atoms with Gasteiger partial charge < -0.3 is 4.90 Å². The molecule has 0 aromatic heterocycles. The number of fused-ring (bicyclic) bond motifs is 1. The Kier molecular flexibility index (Phi) is 5.06. The Morgan fingerprint density at radius 2 is 1.54 bits per heavy atom. The molecule has 0 saturated carbocycles. The van der Waals surface area contributed by atoms with E-state index in [0.29, 0.717) is 30.8 Å². The first kappa shape index (κ1) is 18.0. The summed E-state index contributed by atoms with van der Waals surface area (Å²) in [6, 6.07) is 5.64. The summed E-state index contributed by atoms with van der Waals surface area (Å²) < 4.78 is 27.6. The van der Waals surface area contributed by atoms with Crippen LogP contribution in [0, 0.1) is 5.92 Å². The van der Waals surface area contributed by atoms with Gasteiger partial charge >= 0.3 is 0 Å². The van der Waals surface area contributed by atoms with Crippen LogP contribution in [-0.2, 0) is 27.7 Å². The average molecular weight is 377 g/mol. The third-order valence-electron chi connectivity index (χ3n) is 6.18. The minimum Gasteiger partial charge on any atom is -0.342 e. The predicted octanol–water partition coefficient (Wildman–Crippen LogP) is 2.59. The highest BCUT2D eigenvalue weighted by Gasteiger charge is 2.34. The Bertz CT molecular complexity index is 776. The van der Waals surface area contributed by atoms with Crippen LogP contribution >= 0.6 is 0 Å². The molecule has 4 rings (SSSR count). The molecular formula is C20H28N2O3S. The molecule has 1 aliphatic carbocycles. The highest BCUT2D eigenvalue weighted by Crippen LogP contribution is 2.29. The normalized spacial score (nSPS) is 22.4. The van der Waals surface area contributed by atoms with Gasteiger partial charge in [-0.25, -0.2) is 8.42 Å². The molecule has 142 valence electrons. The van der Waals surface area contributed by atoms with Gasteiger partial charge in [0.1, 0.15) is 0 Å². The van der Waals surface area contributed by atoms with E-state index in [0.717, 1.165) is 45.2 Å². The monoisotopic (exact) mass is 376 g/mol. The second kappa shape index (κ2) is 7.31. The molecule has 5 nitrogen and oxygen atoms in total. The van der Waals surface area contributed by atoms with Gasteiger partial charge in [0.25, 0.3) is 0 Å². The van der Waals surface area contributed by atoms with Crippen LogP contribution in [0.5, 0.6) is 0 Å². The molecular weight excluding hydrogens is 348 g/mol. The van der Waals surface area contributed by atoms with Crippen LogP contribution in [0.4, 0.5) is 0 Å². The Labute approximate surface area is 156 Å². The number of likely N-dealkylation sites (tertiary alicyclic amines) is 1. The molecule has 3 aliphatic rings. The predicted molar refractivity (Wildman–Crippen MR) is 100 cm³/mol. The zero-order valence-corrected chi connectivity index (χ0v) is 16.1. The van der Waals surface area contributed by atoms with E-state index in [1.54, 1.807) is 10.4 Å². The number of aryl methyl sites for hydroxylation is 2. The number of sulfonamides is 1. The maximum atomic E-state index is 13.0. The summed E-state index contributed by atoms with van der Waals surface area (Å²) in [6.45, 7) is 2.63. The van der Waals surface area contributed by atoms with Gasteiger partial charge in [0, 0.05) is 32.1 Å². The minimum atomic E-state index is -3.46. The third kappa shape index (κ3) is 3.41. The maximum absolute atomic E-state index is 13.0. The van der Waals surface area contributed by atoms with Crippen molar-refractivity contribution in [1.29, 1.82) is 0 Å². The summed E-state index contributed by atoms with van der Waals surface area (Å²) in [5, 5.41) is 0. The summed E-state index contributed by atoms with van der Waals surface area (Å²) in [6.07, 6.45) is 7.83. The summed E-state index contributed by atoms with van der Waals surface area (Å²) in [5.74, 6) is 0.219. The van der Waals surface area contributed by atoms with Crippen molar-refractivity contribution < 1.29 is 13.2 Å². The first-order valence-corrected chi connectivity index (χ1v) is 11.4. The zero-order chi connectivity index (χ0) is 18.1. The fourth-order valence-electron chi connectivity index (χ4n) is 4.56. The van der Waals surface area contributed by atoms with Gasteiger partial charge in [0.15, 0.2) is 0 Å². The van der Waals surface area contributed by atoms with E-state index in [4.69, 9.17) is 0 Å². The van der Waals surface area contributed by atoms with Crippen molar-refractivity contribution in [3.05, 3.63) is 29.3 Å². The van der Waals surface area contributed by atoms with Crippen LogP contribution in [0.3, 0.4) is 0 Å². The van der Waals surface area contributed by atoms with Crippen LogP contribution in [0.2, 0.25) is 0 Å². The van der Waals surface area contributed by atoms with Gasteiger partial charge in [-0.1, -0.05) is 6.07 Å². The van der Waals surface area contributed by atoms with Crippen LogP contribution in [-0.4, -0.2) is 49.7 Å². The van der Waals surface area contributed by atoms with E-state index in [1.807, 2.05) is 17.0 Å². The largest absolute Gasteiger partial charge is 0.342 e. The number of rotatable bonds is 3. The number of amides is 1. The molecule has 26 heavy (non-hydrogen) atoms. The van der Waals surface area contributed by atoms with E-state index in [9.17, 15) is 13.2 Å². The van der Waals surface area contributed by atoms with Crippen LogP contribution in [0.1, 0.15) is 49.7 Å². The second-order valence-electron chi connectivity index (χ2n) is 7.85. The maximum Gasteiger partial charge on any atom is 0.243 e. The van der Waals surface area contributed by atoms with Gasteiger partial charge in [-0.05, 0) is 74.6 Å². The molecule has 0 bridgehead atoms. The lowest BCUT2D eigenvalue weighted by Crippen LogP contribution is -2.43. The standard InChI is InChI=1S/C20H28N2O3S/c23-20(21-11-3-4-12-21)17-9-13-22(14-10-17)26(24,25)19-8-7-16-5-1-2-6-18(16)15-19/h7-8,15,17H,1-6,9-14H2. The van der Waals surface area contributed by atoms with Gasteiger partial charge in [-0.3, -0.25) is 4.79 Å². The molecule has 0 spiro atoms. The lowest BCUT2D eigenvalue weighted by Gasteiger charge is -2.32. The van der Waals surface area contributed by atoms with Crippen molar-refractivity contribution in [2.75, 3.05) is 26.2 Å². The van der Waals surface area contributed by atoms with Crippen LogP contribution in [0.15, 0.2) is 23.1 Å². The average Bonchev–Trinajstić information content (AvgIpc) is 3.22. The number of hydrogen-bond acceptors (Lipinski definition) is 3.